The van der Waals surface area contributed by atoms with E-state index in [2.05, 4.69) is 10.3 Å². The van der Waals surface area contributed by atoms with Crippen molar-refractivity contribution in [2.24, 2.45) is 7.05 Å². The molecule has 2 amide bonds. The molecule has 24 heavy (non-hydrogen) atoms. The van der Waals surface area contributed by atoms with Gasteiger partial charge in [0.25, 0.3) is 5.91 Å². The monoisotopic (exact) mass is 333 g/mol. The quantitative estimate of drug-likeness (QED) is 0.803. The van der Waals surface area contributed by atoms with Gasteiger partial charge >= 0.3 is 6.09 Å². The summed E-state index contributed by atoms with van der Waals surface area (Å²) in [6.07, 6.45) is 0.0417. The van der Waals surface area contributed by atoms with Crippen LogP contribution in [0.5, 0.6) is 0 Å². The lowest BCUT2D eigenvalue weighted by Gasteiger charge is -2.39. The fourth-order valence-corrected chi connectivity index (χ4v) is 2.26. The Morgan fingerprint density at radius 2 is 2.04 bits per heavy atom. The summed E-state index contributed by atoms with van der Waals surface area (Å²) in [4.78, 5) is 40.3. The highest BCUT2D eigenvalue weighted by atomic mass is 16.6. The van der Waals surface area contributed by atoms with Gasteiger partial charge in [0.05, 0.1) is 6.04 Å². The first-order valence-corrected chi connectivity index (χ1v) is 7.37. The van der Waals surface area contributed by atoms with Crippen LogP contribution in [0.1, 0.15) is 47.6 Å². The van der Waals surface area contributed by atoms with Crippen LogP contribution in [0, 0.1) is 11.3 Å². The number of hydrogen-bond acceptors (Lipinski definition) is 6. The molecule has 0 radical (unpaired) electrons. The maximum absolute atomic E-state index is 12.3. The van der Waals surface area contributed by atoms with Crippen LogP contribution in [-0.2, 0) is 11.8 Å². The molecule has 9 nitrogen and oxygen atoms in total. The van der Waals surface area contributed by atoms with Crippen LogP contribution in [0.2, 0.25) is 0 Å². The van der Waals surface area contributed by atoms with Gasteiger partial charge in [-0.25, -0.2) is 9.78 Å². The van der Waals surface area contributed by atoms with Gasteiger partial charge in [0.2, 0.25) is 0 Å². The molecule has 0 spiro atoms. The molecule has 2 rings (SSSR count). The molecule has 1 aromatic rings. The van der Waals surface area contributed by atoms with Gasteiger partial charge in [-0.05, 0) is 20.8 Å². The lowest BCUT2D eigenvalue weighted by Crippen LogP contribution is -2.61. The first-order valence-electron chi connectivity index (χ1n) is 7.37. The molecule has 1 aliphatic rings. The van der Waals surface area contributed by atoms with E-state index in [0.717, 1.165) is 0 Å². The van der Waals surface area contributed by atoms with Crippen molar-refractivity contribution < 1.29 is 19.1 Å². The number of rotatable bonds is 3. The number of amides is 2. The minimum atomic E-state index is -0.576. The van der Waals surface area contributed by atoms with E-state index in [-0.39, 0.29) is 23.3 Å². The van der Waals surface area contributed by atoms with Crippen LogP contribution in [0.3, 0.4) is 0 Å². The Bertz CT molecular complexity index is 719. The number of imidazole rings is 1. The van der Waals surface area contributed by atoms with Crippen molar-refractivity contribution in [3.63, 3.8) is 0 Å². The van der Waals surface area contributed by atoms with Gasteiger partial charge in [-0.15, -0.1) is 0 Å². The smallest absolute Gasteiger partial charge is 0.410 e. The molecule has 1 aromatic heterocycles. The van der Waals surface area contributed by atoms with E-state index in [0.29, 0.717) is 19.4 Å². The van der Waals surface area contributed by atoms with Gasteiger partial charge in [-0.1, -0.05) is 0 Å². The Morgan fingerprint density at radius 3 is 2.54 bits per heavy atom. The molecule has 1 fully saturated rings. The molecule has 0 aromatic carbocycles. The molecule has 1 aliphatic heterocycles. The zero-order valence-electron chi connectivity index (χ0n) is 14.0. The standard InChI is InChI=1S/C15H19N5O4/c1-15(2,3)24-14(23)20-6-9(7-20)17-13(22)12-10(5-16)18-11(8-21)19(12)4/h8-9H,6-7H2,1-4H3,(H,17,22). The third-order valence-electron chi connectivity index (χ3n) is 3.42. The second kappa shape index (κ2) is 6.31. The van der Waals surface area contributed by atoms with Crippen LogP contribution in [0.4, 0.5) is 4.79 Å². The van der Waals surface area contributed by atoms with Crippen molar-refractivity contribution in [1.29, 1.82) is 5.26 Å². The summed E-state index contributed by atoms with van der Waals surface area (Å²) in [5.74, 6) is -0.510. The fourth-order valence-electron chi connectivity index (χ4n) is 2.26. The summed E-state index contributed by atoms with van der Waals surface area (Å²) in [5.41, 5.74) is -0.664. The largest absolute Gasteiger partial charge is 0.444 e. The molecule has 9 heteroatoms. The minimum Gasteiger partial charge on any atom is -0.444 e. The topological polar surface area (TPSA) is 117 Å². The molecular formula is C15H19N5O4. The highest BCUT2D eigenvalue weighted by molar-refractivity contribution is 5.96. The van der Waals surface area contributed by atoms with Crippen molar-refractivity contribution in [3.05, 3.63) is 17.2 Å². The molecule has 128 valence electrons. The molecular weight excluding hydrogens is 314 g/mol. The average molecular weight is 333 g/mol. The van der Waals surface area contributed by atoms with Gasteiger partial charge in [0, 0.05) is 20.1 Å². The number of likely N-dealkylation sites (tertiary alicyclic amines) is 1. The summed E-state index contributed by atoms with van der Waals surface area (Å²) in [7, 11) is 1.49. The Hall–Kier alpha value is -2.89. The molecule has 0 bridgehead atoms. The van der Waals surface area contributed by atoms with Crippen molar-refractivity contribution in [2.75, 3.05) is 13.1 Å². The number of nitriles is 1. The van der Waals surface area contributed by atoms with Crippen molar-refractivity contribution >= 4 is 18.3 Å². The lowest BCUT2D eigenvalue weighted by atomic mass is 10.1. The molecule has 0 aliphatic carbocycles. The maximum Gasteiger partial charge on any atom is 0.410 e. The predicted molar refractivity (Wildman–Crippen MR) is 82.4 cm³/mol. The molecule has 0 atom stereocenters. The lowest BCUT2D eigenvalue weighted by molar-refractivity contribution is 0.00528. The fraction of sp³-hybridized carbons (Fsp3) is 0.533. The van der Waals surface area contributed by atoms with Gasteiger partial charge in [-0.3, -0.25) is 9.59 Å². The molecule has 2 heterocycles. The van der Waals surface area contributed by atoms with Crippen LogP contribution >= 0.6 is 0 Å². The summed E-state index contributed by atoms with van der Waals surface area (Å²) >= 11 is 0. The number of ether oxygens (including phenoxy) is 1. The number of hydrogen-bond donors (Lipinski definition) is 1. The van der Waals surface area contributed by atoms with Crippen molar-refractivity contribution in [2.45, 2.75) is 32.4 Å². The summed E-state index contributed by atoms with van der Waals surface area (Å²) < 4.78 is 6.50. The summed E-state index contributed by atoms with van der Waals surface area (Å²) in [5, 5.41) is 11.8. The van der Waals surface area contributed by atoms with Gasteiger partial charge in [-0.2, -0.15) is 5.26 Å². The normalized spacial score (nSPS) is 14.5. The summed E-state index contributed by atoms with van der Waals surface area (Å²) in [6, 6.07) is 1.55. The molecule has 0 unspecified atom stereocenters. The number of aldehydes is 1. The molecule has 1 N–H and O–H groups in total. The van der Waals surface area contributed by atoms with E-state index in [1.165, 1.54) is 16.5 Å². The number of carbonyl (C=O) groups excluding carboxylic acids is 3. The number of nitrogens with zero attached hydrogens (tertiary/aromatic N) is 4. The van der Waals surface area contributed by atoms with Crippen molar-refractivity contribution in [3.8, 4) is 6.07 Å². The Labute approximate surface area is 139 Å². The van der Waals surface area contributed by atoms with Crippen LogP contribution < -0.4 is 5.32 Å². The molecule has 1 saturated heterocycles. The van der Waals surface area contributed by atoms with Crippen LogP contribution in [0.25, 0.3) is 0 Å². The van der Waals surface area contributed by atoms with Gasteiger partial charge < -0.3 is 19.5 Å². The molecule has 0 saturated carbocycles. The highest BCUT2D eigenvalue weighted by Gasteiger charge is 2.35. The first-order chi connectivity index (χ1) is 11.2. The minimum absolute atomic E-state index is 0.000640. The Balaban J connectivity index is 1.97. The van der Waals surface area contributed by atoms with Crippen molar-refractivity contribution in [1.82, 2.24) is 19.8 Å². The zero-order valence-corrected chi connectivity index (χ0v) is 14.0. The zero-order chi connectivity index (χ0) is 18.1. The third-order valence-corrected chi connectivity index (χ3v) is 3.42. The van der Waals surface area contributed by atoms with Crippen LogP contribution in [-0.4, -0.2) is 57.5 Å². The van der Waals surface area contributed by atoms with Crippen LogP contribution in [0.15, 0.2) is 0 Å². The van der Waals surface area contributed by atoms with E-state index in [1.807, 2.05) is 0 Å². The second-order valence-corrected chi connectivity index (χ2v) is 6.51. The third kappa shape index (κ3) is 3.53. The Kier molecular flexibility index (Phi) is 4.59. The number of carbonyl (C=O) groups is 3. The van der Waals surface area contributed by atoms with Gasteiger partial charge in [0.15, 0.2) is 17.8 Å². The van der Waals surface area contributed by atoms with Gasteiger partial charge in [0.1, 0.15) is 17.4 Å². The SMILES string of the molecule is Cn1c(C=O)nc(C#N)c1C(=O)NC1CN(C(=O)OC(C)(C)C)C1. The van der Waals surface area contributed by atoms with E-state index < -0.39 is 17.6 Å². The van der Waals surface area contributed by atoms with E-state index in [4.69, 9.17) is 10.00 Å². The summed E-state index contributed by atoms with van der Waals surface area (Å²) in [6.45, 7) is 5.98. The van der Waals surface area contributed by atoms with E-state index >= 15 is 0 Å². The maximum atomic E-state index is 12.3. The predicted octanol–water partition coefficient (Wildman–Crippen LogP) is 0.453. The number of aromatic nitrogens is 2. The van der Waals surface area contributed by atoms with E-state index in [1.54, 1.807) is 26.8 Å². The Morgan fingerprint density at radius 1 is 1.42 bits per heavy atom. The highest BCUT2D eigenvalue weighted by Crippen LogP contribution is 2.16. The average Bonchev–Trinajstić information content (AvgIpc) is 2.76. The second-order valence-electron chi connectivity index (χ2n) is 6.51. The van der Waals surface area contributed by atoms with E-state index in [9.17, 15) is 14.4 Å². The number of nitrogens with one attached hydrogen (secondary N) is 1. The first kappa shape index (κ1) is 17.5.